The molecule has 1 aliphatic rings. The van der Waals surface area contributed by atoms with Gasteiger partial charge >= 0.3 is 0 Å². The van der Waals surface area contributed by atoms with Crippen LogP contribution in [0.4, 0.5) is 5.69 Å². The maximum atomic E-state index is 11.9. The normalized spacial score (nSPS) is 14.2. The Kier molecular flexibility index (Phi) is 2.65. The Morgan fingerprint density at radius 1 is 1.33 bits per heavy atom. The van der Waals surface area contributed by atoms with Gasteiger partial charge < -0.3 is 0 Å². The van der Waals surface area contributed by atoms with Crippen molar-refractivity contribution in [2.75, 3.05) is 4.90 Å². The predicted molar refractivity (Wildman–Crippen MR) is 69.1 cm³/mol. The standard InChI is InChI=1S/C12H7ClN2O2S/c13-8-2-1-3-9-10(8)11(16)12(17)15(9)4-7-5-18-6-14-7/h1-3,5-6H,4H2. The molecular weight excluding hydrogens is 272 g/mol. The largest absolute Gasteiger partial charge is 0.299 e. The monoisotopic (exact) mass is 278 g/mol. The fourth-order valence-electron chi connectivity index (χ4n) is 1.94. The van der Waals surface area contributed by atoms with Crippen LogP contribution >= 0.6 is 22.9 Å². The topological polar surface area (TPSA) is 50.3 Å². The van der Waals surface area contributed by atoms with Crippen LogP contribution in [-0.2, 0) is 11.3 Å². The lowest BCUT2D eigenvalue weighted by atomic mass is 10.1. The first-order chi connectivity index (χ1) is 8.68. The summed E-state index contributed by atoms with van der Waals surface area (Å²) in [5.41, 5.74) is 3.30. The first kappa shape index (κ1) is 11.4. The van der Waals surface area contributed by atoms with E-state index in [9.17, 15) is 9.59 Å². The lowest BCUT2D eigenvalue weighted by molar-refractivity contribution is -0.114. The zero-order chi connectivity index (χ0) is 12.7. The van der Waals surface area contributed by atoms with Gasteiger partial charge in [0.1, 0.15) is 0 Å². The third-order valence-electron chi connectivity index (χ3n) is 2.75. The number of hydrogen-bond acceptors (Lipinski definition) is 4. The fourth-order valence-corrected chi connectivity index (χ4v) is 2.74. The number of fused-ring (bicyclic) bond motifs is 1. The molecule has 0 fully saturated rings. The Bertz CT molecular complexity index is 640. The second-order valence-corrected chi connectivity index (χ2v) is 4.96. The van der Waals surface area contributed by atoms with E-state index < -0.39 is 11.7 Å². The number of nitrogens with zero attached hydrogens (tertiary/aromatic N) is 2. The average molecular weight is 279 g/mol. The predicted octanol–water partition coefficient (Wildman–Crippen LogP) is 2.53. The third-order valence-corrected chi connectivity index (χ3v) is 3.70. The highest BCUT2D eigenvalue weighted by Gasteiger charge is 2.37. The van der Waals surface area contributed by atoms with Gasteiger partial charge in [0.05, 0.1) is 34.0 Å². The van der Waals surface area contributed by atoms with Crippen LogP contribution in [-0.4, -0.2) is 16.7 Å². The molecule has 1 amide bonds. The van der Waals surface area contributed by atoms with E-state index in [4.69, 9.17) is 11.6 Å². The Balaban J connectivity index is 2.05. The molecule has 0 unspecified atom stereocenters. The Morgan fingerprint density at radius 2 is 2.17 bits per heavy atom. The average Bonchev–Trinajstić information content (AvgIpc) is 2.94. The second kappa shape index (κ2) is 4.19. The number of anilines is 1. The second-order valence-electron chi connectivity index (χ2n) is 3.83. The van der Waals surface area contributed by atoms with Crippen molar-refractivity contribution in [3.8, 4) is 0 Å². The van der Waals surface area contributed by atoms with Crippen molar-refractivity contribution in [1.82, 2.24) is 4.98 Å². The summed E-state index contributed by atoms with van der Waals surface area (Å²) >= 11 is 7.41. The number of aromatic nitrogens is 1. The van der Waals surface area contributed by atoms with Crippen molar-refractivity contribution >= 4 is 40.3 Å². The minimum Gasteiger partial charge on any atom is -0.299 e. The molecule has 18 heavy (non-hydrogen) atoms. The molecule has 3 rings (SSSR count). The maximum absolute atomic E-state index is 11.9. The molecular formula is C12H7ClN2O2S. The fraction of sp³-hybridized carbons (Fsp3) is 0.0833. The number of carbonyl (C=O) groups is 2. The highest BCUT2D eigenvalue weighted by atomic mass is 35.5. The molecule has 2 heterocycles. The number of carbonyl (C=O) groups excluding carboxylic acids is 2. The van der Waals surface area contributed by atoms with Gasteiger partial charge in [-0.25, -0.2) is 4.98 Å². The van der Waals surface area contributed by atoms with Crippen molar-refractivity contribution in [2.45, 2.75) is 6.54 Å². The van der Waals surface area contributed by atoms with E-state index in [2.05, 4.69) is 4.98 Å². The molecule has 1 aromatic carbocycles. The number of benzene rings is 1. The minimum atomic E-state index is -0.550. The van der Waals surface area contributed by atoms with Crippen molar-refractivity contribution in [1.29, 1.82) is 0 Å². The van der Waals surface area contributed by atoms with Gasteiger partial charge in [-0.15, -0.1) is 11.3 Å². The zero-order valence-electron chi connectivity index (χ0n) is 9.09. The number of ketones is 1. The highest BCUT2D eigenvalue weighted by Crippen LogP contribution is 2.34. The summed E-state index contributed by atoms with van der Waals surface area (Å²) in [5.74, 6) is -1.10. The van der Waals surface area contributed by atoms with Crippen molar-refractivity contribution in [3.05, 3.63) is 45.4 Å². The van der Waals surface area contributed by atoms with Crippen molar-refractivity contribution in [3.63, 3.8) is 0 Å². The molecule has 4 nitrogen and oxygen atoms in total. The summed E-state index contributed by atoms with van der Waals surface area (Å²) in [5, 5.41) is 2.16. The zero-order valence-corrected chi connectivity index (χ0v) is 10.7. The van der Waals surface area contributed by atoms with E-state index in [1.54, 1.807) is 23.7 Å². The molecule has 2 aromatic rings. The number of amides is 1. The Morgan fingerprint density at radius 3 is 2.89 bits per heavy atom. The molecule has 6 heteroatoms. The van der Waals surface area contributed by atoms with Crippen LogP contribution in [0, 0.1) is 0 Å². The van der Waals surface area contributed by atoms with E-state index in [-0.39, 0.29) is 0 Å². The number of halogens is 1. The smallest absolute Gasteiger partial charge is 0.299 e. The summed E-state index contributed by atoms with van der Waals surface area (Å²) < 4.78 is 0. The van der Waals surface area contributed by atoms with Gasteiger partial charge in [0.2, 0.25) is 0 Å². The lowest BCUT2D eigenvalue weighted by Gasteiger charge is -2.14. The molecule has 0 N–H and O–H groups in total. The molecule has 0 radical (unpaired) electrons. The quantitative estimate of drug-likeness (QED) is 0.793. The summed E-state index contributed by atoms with van der Waals surface area (Å²) in [7, 11) is 0. The molecule has 90 valence electrons. The van der Waals surface area contributed by atoms with E-state index in [1.807, 2.05) is 5.38 Å². The Hall–Kier alpha value is -1.72. The Labute approximate surface area is 112 Å². The van der Waals surface area contributed by atoms with Crippen LogP contribution in [0.2, 0.25) is 5.02 Å². The molecule has 1 aliphatic heterocycles. The molecule has 0 atom stereocenters. The molecule has 0 saturated heterocycles. The van der Waals surface area contributed by atoms with Gasteiger partial charge in [0.15, 0.2) is 0 Å². The summed E-state index contributed by atoms with van der Waals surface area (Å²) in [6.45, 7) is 0.293. The third kappa shape index (κ3) is 1.63. The van der Waals surface area contributed by atoms with Crippen LogP contribution in [0.15, 0.2) is 29.1 Å². The van der Waals surface area contributed by atoms with Crippen LogP contribution < -0.4 is 4.90 Å². The van der Waals surface area contributed by atoms with E-state index in [1.165, 1.54) is 16.2 Å². The SMILES string of the molecule is O=C1C(=O)N(Cc2cscn2)c2cccc(Cl)c21. The van der Waals surface area contributed by atoms with Gasteiger partial charge in [-0.1, -0.05) is 17.7 Å². The first-order valence-corrected chi connectivity index (χ1v) is 6.52. The van der Waals surface area contributed by atoms with Gasteiger partial charge in [0.25, 0.3) is 11.7 Å². The van der Waals surface area contributed by atoms with Gasteiger partial charge in [-0.2, -0.15) is 0 Å². The molecule has 0 bridgehead atoms. The lowest BCUT2D eigenvalue weighted by Crippen LogP contribution is -2.29. The van der Waals surface area contributed by atoms with E-state index in [0.717, 1.165) is 5.69 Å². The van der Waals surface area contributed by atoms with Crippen LogP contribution in [0.3, 0.4) is 0 Å². The van der Waals surface area contributed by atoms with Gasteiger partial charge in [-0.05, 0) is 12.1 Å². The summed E-state index contributed by atoms with van der Waals surface area (Å²) in [6.07, 6.45) is 0. The number of hydrogen-bond donors (Lipinski definition) is 0. The van der Waals surface area contributed by atoms with Crippen LogP contribution in [0.1, 0.15) is 16.1 Å². The van der Waals surface area contributed by atoms with Crippen molar-refractivity contribution in [2.24, 2.45) is 0 Å². The highest BCUT2D eigenvalue weighted by molar-refractivity contribution is 7.07. The summed E-state index contributed by atoms with van der Waals surface area (Å²) in [4.78, 5) is 29.3. The van der Waals surface area contributed by atoms with Crippen LogP contribution in [0.5, 0.6) is 0 Å². The number of rotatable bonds is 2. The molecule has 0 saturated carbocycles. The molecule has 1 aromatic heterocycles. The molecule has 0 aliphatic carbocycles. The number of Topliss-reactive ketones (excluding diaryl/α,β-unsaturated/α-hetero) is 1. The maximum Gasteiger partial charge on any atom is 0.299 e. The van der Waals surface area contributed by atoms with Gasteiger partial charge in [-0.3, -0.25) is 14.5 Å². The molecule has 0 spiro atoms. The van der Waals surface area contributed by atoms with Gasteiger partial charge in [0, 0.05) is 5.38 Å². The first-order valence-electron chi connectivity index (χ1n) is 5.20. The summed E-state index contributed by atoms with van der Waals surface area (Å²) in [6, 6.07) is 5.05. The number of thiazole rings is 1. The van der Waals surface area contributed by atoms with Crippen LogP contribution in [0.25, 0.3) is 0 Å². The minimum absolute atomic E-state index is 0.291. The van der Waals surface area contributed by atoms with E-state index in [0.29, 0.717) is 22.8 Å². The van der Waals surface area contributed by atoms with Crippen molar-refractivity contribution < 1.29 is 9.59 Å². The van der Waals surface area contributed by atoms with E-state index >= 15 is 0 Å².